The Hall–Kier alpha value is -1.07. The van der Waals surface area contributed by atoms with Crippen LogP contribution in [0, 0.1) is 5.92 Å². The fourth-order valence-electron chi connectivity index (χ4n) is 2.27. The van der Waals surface area contributed by atoms with Crippen LogP contribution in [-0.2, 0) is 0 Å². The van der Waals surface area contributed by atoms with Crippen molar-refractivity contribution >= 4 is 23.4 Å². The smallest absolute Gasteiger partial charge is 0.223 e. The van der Waals surface area contributed by atoms with Crippen LogP contribution in [0.4, 0.5) is 11.8 Å². The summed E-state index contributed by atoms with van der Waals surface area (Å²) in [5.41, 5.74) is 5.59. The highest BCUT2D eigenvalue weighted by molar-refractivity contribution is 6.29. The molecule has 6 heteroatoms. The van der Waals surface area contributed by atoms with Crippen molar-refractivity contribution in [1.82, 2.24) is 14.9 Å². The third-order valence-electron chi connectivity index (χ3n) is 3.11. The topological polar surface area (TPSA) is 58.3 Å². The van der Waals surface area contributed by atoms with Crippen LogP contribution in [0.2, 0.25) is 5.15 Å². The zero-order valence-corrected chi connectivity index (χ0v) is 11.0. The summed E-state index contributed by atoms with van der Waals surface area (Å²) < 4.78 is 0. The van der Waals surface area contributed by atoms with Crippen molar-refractivity contribution in [2.45, 2.75) is 6.42 Å². The maximum absolute atomic E-state index is 5.87. The van der Waals surface area contributed by atoms with Gasteiger partial charge in [0.1, 0.15) is 11.0 Å². The second kappa shape index (κ2) is 5.06. The number of anilines is 2. The summed E-state index contributed by atoms with van der Waals surface area (Å²) in [6, 6.07) is 1.75. The Labute approximate surface area is 107 Å². The molecule has 1 aliphatic heterocycles. The number of nitrogens with two attached hydrogens (primary N) is 1. The minimum atomic E-state index is 0.225. The van der Waals surface area contributed by atoms with E-state index in [1.54, 1.807) is 6.07 Å². The molecule has 1 atom stereocenters. The second-order valence-corrected chi connectivity index (χ2v) is 5.09. The number of rotatable bonds is 3. The summed E-state index contributed by atoms with van der Waals surface area (Å²) in [7, 11) is 4.16. The van der Waals surface area contributed by atoms with Gasteiger partial charge < -0.3 is 15.5 Å². The monoisotopic (exact) mass is 255 g/mol. The first-order valence-electron chi connectivity index (χ1n) is 5.74. The lowest BCUT2D eigenvalue weighted by atomic mass is 10.1. The van der Waals surface area contributed by atoms with Gasteiger partial charge in [0.25, 0.3) is 0 Å². The first kappa shape index (κ1) is 12.4. The molecular weight excluding hydrogens is 238 g/mol. The van der Waals surface area contributed by atoms with E-state index < -0.39 is 0 Å². The molecule has 0 spiro atoms. The van der Waals surface area contributed by atoms with E-state index >= 15 is 0 Å². The predicted octanol–water partition coefficient (Wildman–Crippen LogP) is 1.10. The summed E-state index contributed by atoms with van der Waals surface area (Å²) in [4.78, 5) is 12.5. The Morgan fingerprint density at radius 2 is 2.35 bits per heavy atom. The van der Waals surface area contributed by atoms with Gasteiger partial charge in [0, 0.05) is 26.2 Å². The van der Waals surface area contributed by atoms with Crippen LogP contribution in [0.3, 0.4) is 0 Å². The maximum Gasteiger partial charge on any atom is 0.223 e. The summed E-state index contributed by atoms with van der Waals surface area (Å²) in [5.74, 6) is 1.69. The molecular formula is C11H18ClN5. The molecule has 2 rings (SSSR count). The van der Waals surface area contributed by atoms with E-state index in [2.05, 4.69) is 26.8 Å². The molecule has 1 aromatic rings. The Morgan fingerprint density at radius 3 is 2.94 bits per heavy atom. The first-order chi connectivity index (χ1) is 8.04. The van der Waals surface area contributed by atoms with E-state index in [0.29, 0.717) is 11.1 Å². The molecule has 0 aromatic carbocycles. The van der Waals surface area contributed by atoms with Crippen LogP contribution in [0.15, 0.2) is 6.07 Å². The Balaban J connectivity index is 2.01. The third-order valence-corrected chi connectivity index (χ3v) is 3.30. The van der Waals surface area contributed by atoms with Crippen molar-refractivity contribution in [3.63, 3.8) is 0 Å². The summed E-state index contributed by atoms with van der Waals surface area (Å²) >= 11 is 5.87. The predicted molar refractivity (Wildman–Crippen MR) is 70.3 cm³/mol. The number of hydrogen-bond donors (Lipinski definition) is 1. The molecule has 0 amide bonds. The number of aromatic nitrogens is 2. The standard InChI is InChI=1S/C11H18ClN5/c1-16-4-3-8(6-16)7-17(2)10-5-9(12)14-11(13)15-10/h5,8H,3-4,6-7H2,1-2H3,(H2,13,14,15). The van der Waals surface area contributed by atoms with Crippen LogP contribution in [0.25, 0.3) is 0 Å². The Bertz CT molecular complexity index is 377. The molecule has 17 heavy (non-hydrogen) atoms. The SMILES string of the molecule is CN1CCC(CN(C)c2cc(Cl)nc(N)n2)C1. The highest BCUT2D eigenvalue weighted by atomic mass is 35.5. The van der Waals surface area contributed by atoms with Gasteiger partial charge in [-0.05, 0) is 25.9 Å². The van der Waals surface area contributed by atoms with E-state index in [-0.39, 0.29) is 5.95 Å². The minimum Gasteiger partial charge on any atom is -0.368 e. The van der Waals surface area contributed by atoms with Crippen molar-refractivity contribution in [1.29, 1.82) is 0 Å². The number of nitrogens with zero attached hydrogens (tertiary/aromatic N) is 4. The van der Waals surface area contributed by atoms with Gasteiger partial charge in [-0.25, -0.2) is 4.98 Å². The fraction of sp³-hybridized carbons (Fsp3) is 0.636. The van der Waals surface area contributed by atoms with E-state index in [1.807, 2.05) is 7.05 Å². The van der Waals surface area contributed by atoms with Crippen LogP contribution < -0.4 is 10.6 Å². The zero-order chi connectivity index (χ0) is 12.4. The van der Waals surface area contributed by atoms with Crippen molar-refractivity contribution < 1.29 is 0 Å². The van der Waals surface area contributed by atoms with Crippen LogP contribution in [0.5, 0.6) is 0 Å². The van der Waals surface area contributed by atoms with Gasteiger partial charge in [-0.1, -0.05) is 11.6 Å². The van der Waals surface area contributed by atoms with Gasteiger partial charge in [-0.2, -0.15) is 4.98 Å². The highest BCUT2D eigenvalue weighted by Crippen LogP contribution is 2.20. The van der Waals surface area contributed by atoms with Gasteiger partial charge in [0.2, 0.25) is 5.95 Å². The first-order valence-corrected chi connectivity index (χ1v) is 6.12. The Kier molecular flexibility index (Phi) is 3.69. The van der Waals surface area contributed by atoms with Crippen molar-refractivity contribution in [3.05, 3.63) is 11.2 Å². The molecule has 1 saturated heterocycles. The van der Waals surface area contributed by atoms with E-state index in [4.69, 9.17) is 17.3 Å². The molecule has 1 aromatic heterocycles. The van der Waals surface area contributed by atoms with Gasteiger partial charge in [-0.15, -0.1) is 0 Å². The molecule has 1 unspecified atom stereocenters. The summed E-state index contributed by atoms with van der Waals surface area (Å²) in [5, 5.41) is 0.392. The molecule has 5 nitrogen and oxygen atoms in total. The second-order valence-electron chi connectivity index (χ2n) is 4.70. The summed E-state index contributed by atoms with van der Waals surface area (Å²) in [6.45, 7) is 3.28. The lowest BCUT2D eigenvalue weighted by Crippen LogP contribution is -2.28. The molecule has 0 saturated carbocycles. The van der Waals surface area contributed by atoms with Gasteiger partial charge in [0.05, 0.1) is 0 Å². The van der Waals surface area contributed by atoms with E-state index in [9.17, 15) is 0 Å². The van der Waals surface area contributed by atoms with Gasteiger partial charge in [-0.3, -0.25) is 0 Å². The number of halogens is 1. The minimum absolute atomic E-state index is 0.225. The lowest BCUT2D eigenvalue weighted by Gasteiger charge is -2.22. The van der Waals surface area contributed by atoms with Crippen LogP contribution in [0.1, 0.15) is 6.42 Å². The van der Waals surface area contributed by atoms with Crippen LogP contribution in [-0.4, -0.2) is 48.6 Å². The fourth-order valence-corrected chi connectivity index (χ4v) is 2.46. The summed E-state index contributed by atoms with van der Waals surface area (Å²) in [6.07, 6.45) is 1.23. The molecule has 1 fully saturated rings. The maximum atomic E-state index is 5.87. The molecule has 0 bridgehead atoms. The molecule has 1 aliphatic rings. The largest absolute Gasteiger partial charge is 0.368 e. The van der Waals surface area contributed by atoms with Crippen LogP contribution >= 0.6 is 11.6 Å². The van der Waals surface area contributed by atoms with Crippen molar-refractivity contribution in [3.8, 4) is 0 Å². The van der Waals surface area contributed by atoms with Gasteiger partial charge in [0.15, 0.2) is 0 Å². The molecule has 2 heterocycles. The molecule has 0 radical (unpaired) electrons. The third kappa shape index (κ3) is 3.20. The van der Waals surface area contributed by atoms with E-state index in [1.165, 1.54) is 13.0 Å². The quantitative estimate of drug-likeness (QED) is 0.820. The zero-order valence-electron chi connectivity index (χ0n) is 10.2. The normalized spacial score (nSPS) is 20.8. The average Bonchev–Trinajstić information content (AvgIpc) is 2.62. The van der Waals surface area contributed by atoms with E-state index in [0.717, 1.165) is 18.9 Å². The van der Waals surface area contributed by atoms with Crippen molar-refractivity contribution in [2.24, 2.45) is 5.92 Å². The Morgan fingerprint density at radius 1 is 1.59 bits per heavy atom. The van der Waals surface area contributed by atoms with Crippen molar-refractivity contribution in [2.75, 3.05) is 44.4 Å². The highest BCUT2D eigenvalue weighted by Gasteiger charge is 2.21. The molecule has 0 aliphatic carbocycles. The number of nitrogen functional groups attached to an aromatic ring is 1. The van der Waals surface area contributed by atoms with Gasteiger partial charge >= 0.3 is 0 Å². The number of likely N-dealkylation sites (tertiary alicyclic amines) is 1. The molecule has 2 N–H and O–H groups in total. The number of hydrogen-bond acceptors (Lipinski definition) is 5. The molecule has 94 valence electrons. The average molecular weight is 256 g/mol. The lowest BCUT2D eigenvalue weighted by molar-refractivity contribution is 0.395.